The first kappa shape index (κ1) is 30.7. The van der Waals surface area contributed by atoms with E-state index in [4.69, 9.17) is 10.5 Å². The van der Waals surface area contributed by atoms with E-state index in [0.717, 1.165) is 10.8 Å². The van der Waals surface area contributed by atoms with Crippen molar-refractivity contribution in [2.24, 2.45) is 5.73 Å². The average molecular weight is 561 g/mol. The van der Waals surface area contributed by atoms with Crippen LogP contribution in [-0.2, 0) is 19.1 Å². The highest BCUT2D eigenvalue weighted by atomic mass is 16.6. The van der Waals surface area contributed by atoms with Crippen molar-refractivity contribution in [3.05, 3.63) is 84.9 Å². The van der Waals surface area contributed by atoms with Gasteiger partial charge >= 0.3 is 6.09 Å². The summed E-state index contributed by atoms with van der Waals surface area (Å²) >= 11 is 0. The van der Waals surface area contributed by atoms with Gasteiger partial charge in [0.25, 0.3) is 5.91 Å². The lowest BCUT2D eigenvalue weighted by Crippen LogP contribution is -2.52. The molecule has 10 heteroatoms. The molecule has 0 spiro atoms. The fourth-order valence-corrected chi connectivity index (χ4v) is 4.30. The summed E-state index contributed by atoms with van der Waals surface area (Å²) in [5.41, 5.74) is 5.32. The quantitative estimate of drug-likeness (QED) is 0.255. The lowest BCUT2D eigenvalue weighted by atomic mass is 10.0. The lowest BCUT2D eigenvalue weighted by molar-refractivity contribution is -0.140. The van der Waals surface area contributed by atoms with Crippen LogP contribution in [0.5, 0.6) is 5.75 Å². The highest BCUT2D eigenvalue weighted by Crippen LogP contribution is 2.28. The van der Waals surface area contributed by atoms with Gasteiger partial charge in [0, 0.05) is 18.7 Å². The van der Waals surface area contributed by atoms with Crippen LogP contribution in [0, 0.1) is 0 Å². The topological polar surface area (TPSA) is 151 Å². The van der Waals surface area contributed by atoms with Crippen LogP contribution >= 0.6 is 0 Å². The number of aromatic hydroxyl groups is 1. The summed E-state index contributed by atoms with van der Waals surface area (Å²) in [6.07, 6.45) is 0.248. The Morgan fingerprint density at radius 2 is 1.73 bits per heavy atom. The number of nitrogens with zero attached hydrogens (tertiary/aromatic N) is 1. The van der Waals surface area contributed by atoms with Crippen molar-refractivity contribution < 1.29 is 29.0 Å². The molecule has 0 aliphatic heterocycles. The Labute approximate surface area is 239 Å². The SMILES string of the molecule is C=CCN(C(=O)C(CCC(N)=O)NC(=O)OC(C)(C)C)C(C(=O)Nc1ccc2ccccc2c1)c1cccc(O)c1. The normalized spacial score (nSPS) is 12.6. The highest BCUT2D eigenvalue weighted by molar-refractivity contribution is 6.00. The van der Waals surface area contributed by atoms with Gasteiger partial charge in [-0.15, -0.1) is 6.58 Å². The molecule has 0 fully saturated rings. The number of ether oxygens (including phenoxy) is 1. The van der Waals surface area contributed by atoms with Crippen LogP contribution in [0.4, 0.5) is 10.5 Å². The van der Waals surface area contributed by atoms with Gasteiger partial charge in [-0.25, -0.2) is 4.79 Å². The maximum atomic E-state index is 14.0. The number of anilines is 1. The van der Waals surface area contributed by atoms with Gasteiger partial charge in [0.1, 0.15) is 23.4 Å². The van der Waals surface area contributed by atoms with Crippen molar-refractivity contribution in [2.75, 3.05) is 11.9 Å². The number of phenols is 1. The Balaban J connectivity index is 2.01. The molecular formula is C31H36N4O6. The van der Waals surface area contributed by atoms with Gasteiger partial charge in [-0.05, 0) is 67.8 Å². The van der Waals surface area contributed by atoms with Gasteiger partial charge in [0.2, 0.25) is 11.8 Å². The summed E-state index contributed by atoms with van der Waals surface area (Å²) in [6, 6.07) is 16.6. The number of carbonyl (C=O) groups is 4. The molecule has 41 heavy (non-hydrogen) atoms. The zero-order valence-corrected chi connectivity index (χ0v) is 23.4. The number of rotatable bonds is 11. The summed E-state index contributed by atoms with van der Waals surface area (Å²) < 4.78 is 5.32. The average Bonchev–Trinajstić information content (AvgIpc) is 2.89. The minimum Gasteiger partial charge on any atom is -0.508 e. The van der Waals surface area contributed by atoms with Gasteiger partial charge in [-0.1, -0.05) is 48.5 Å². The van der Waals surface area contributed by atoms with E-state index >= 15 is 0 Å². The molecule has 0 bridgehead atoms. The number of amides is 4. The van der Waals surface area contributed by atoms with E-state index in [-0.39, 0.29) is 25.1 Å². The maximum absolute atomic E-state index is 14.0. The van der Waals surface area contributed by atoms with E-state index in [1.165, 1.54) is 23.1 Å². The molecule has 0 aliphatic rings. The predicted molar refractivity (Wildman–Crippen MR) is 157 cm³/mol. The molecule has 0 saturated carbocycles. The number of fused-ring (bicyclic) bond motifs is 1. The molecule has 2 unspecified atom stereocenters. The van der Waals surface area contributed by atoms with E-state index in [0.29, 0.717) is 11.3 Å². The minimum absolute atomic E-state index is 0.0899. The first-order valence-corrected chi connectivity index (χ1v) is 13.2. The number of nitrogens with one attached hydrogen (secondary N) is 2. The second kappa shape index (κ2) is 13.5. The molecule has 0 heterocycles. The van der Waals surface area contributed by atoms with Crippen molar-refractivity contribution in [2.45, 2.75) is 51.3 Å². The van der Waals surface area contributed by atoms with Crippen LogP contribution in [-0.4, -0.2) is 52.0 Å². The Morgan fingerprint density at radius 3 is 2.37 bits per heavy atom. The van der Waals surface area contributed by atoms with Crippen molar-refractivity contribution in [1.29, 1.82) is 0 Å². The Bertz CT molecular complexity index is 1430. The number of carbonyl (C=O) groups excluding carboxylic acids is 4. The third kappa shape index (κ3) is 8.82. The van der Waals surface area contributed by atoms with E-state index in [1.54, 1.807) is 39.0 Å². The predicted octanol–water partition coefficient (Wildman–Crippen LogP) is 4.40. The van der Waals surface area contributed by atoms with Gasteiger partial charge < -0.3 is 31.1 Å². The second-order valence-electron chi connectivity index (χ2n) is 10.5. The number of hydrogen-bond donors (Lipinski definition) is 4. The monoisotopic (exact) mass is 560 g/mol. The Morgan fingerprint density at radius 1 is 1.02 bits per heavy atom. The fraction of sp³-hybridized carbons (Fsp3) is 0.290. The smallest absolute Gasteiger partial charge is 0.408 e. The molecular weight excluding hydrogens is 524 g/mol. The Kier molecular flexibility index (Phi) is 10.1. The first-order valence-electron chi connectivity index (χ1n) is 13.2. The molecule has 0 aliphatic carbocycles. The summed E-state index contributed by atoms with van der Waals surface area (Å²) in [4.78, 5) is 53.3. The molecule has 0 aromatic heterocycles. The standard InChI is InChI=1S/C31H36N4O6/c1-5-17-35(29(39)25(15-16-26(32)37)34-30(40)41-31(2,3)4)27(22-11-8-12-24(36)19-22)28(38)33-23-14-13-20-9-6-7-10-21(20)18-23/h5-14,18-19,25,27,36H,1,15-17H2,2-4H3,(H2,32,37)(H,33,38)(H,34,40). The van der Waals surface area contributed by atoms with Gasteiger partial charge in [-0.2, -0.15) is 0 Å². The zero-order chi connectivity index (χ0) is 30.2. The zero-order valence-electron chi connectivity index (χ0n) is 23.4. The van der Waals surface area contributed by atoms with Crippen molar-refractivity contribution in [3.8, 4) is 5.75 Å². The van der Waals surface area contributed by atoms with E-state index in [2.05, 4.69) is 17.2 Å². The van der Waals surface area contributed by atoms with Crippen molar-refractivity contribution >= 4 is 40.3 Å². The fourth-order valence-electron chi connectivity index (χ4n) is 4.30. The van der Waals surface area contributed by atoms with Crippen LogP contribution in [0.15, 0.2) is 79.4 Å². The molecule has 3 rings (SSSR count). The van der Waals surface area contributed by atoms with E-state index in [9.17, 15) is 24.3 Å². The lowest BCUT2D eigenvalue weighted by Gasteiger charge is -2.34. The number of alkyl carbamates (subject to hydrolysis) is 1. The molecule has 3 aromatic rings. The Hall–Kier alpha value is -4.86. The minimum atomic E-state index is -1.24. The first-order chi connectivity index (χ1) is 19.4. The highest BCUT2D eigenvalue weighted by Gasteiger charge is 2.36. The third-order valence-corrected chi connectivity index (χ3v) is 6.04. The summed E-state index contributed by atoms with van der Waals surface area (Å²) in [5, 5.41) is 17.5. The number of phenolic OH excluding ortho intramolecular Hbond substituents is 1. The largest absolute Gasteiger partial charge is 0.508 e. The molecule has 2 atom stereocenters. The van der Waals surface area contributed by atoms with Gasteiger partial charge in [0.15, 0.2) is 0 Å². The van der Waals surface area contributed by atoms with Crippen molar-refractivity contribution in [3.63, 3.8) is 0 Å². The van der Waals surface area contributed by atoms with Crippen molar-refractivity contribution in [1.82, 2.24) is 10.2 Å². The molecule has 216 valence electrons. The van der Waals surface area contributed by atoms with Crippen LogP contribution in [0.1, 0.15) is 45.2 Å². The van der Waals surface area contributed by atoms with E-state index in [1.807, 2.05) is 36.4 Å². The van der Waals surface area contributed by atoms with Gasteiger partial charge in [0.05, 0.1) is 0 Å². The molecule has 0 radical (unpaired) electrons. The number of benzene rings is 3. The second-order valence-corrected chi connectivity index (χ2v) is 10.5. The molecule has 0 saturated heterocycles. The van der Waals surface area contributed by atoms with Crippen LogP contribution in [0.3, 0.4) is 0 Å². The van der Waals surface area contributed by atoms with E-state index < -0.39 is 41.5 Å². The third-order valence-electron chi connectivity index (χ3n) is 6.04. The molecule has 4 amide bonds. The van der Waals surface area contributed by atoms with Gasteiger partial charge in [-0.3, -0.25) is 14.4 Å². The molecule has 3 aromatic carbocycles. The van der Waals surface area contributed by atoms with Crippen LogP contribution < -0.4 is 16.4 Å². The number of primary amides is 1. The summed E-state index contributed by atoms with van der Waals surface area (Å²) in [7, 11) is 0. The van der Waals surface area contributed by atoms with Crippen LogP contribution in [0.2, 0.25) is 0 Å². The van der Waals surface area contributed by atoms with Crippen LogP contribution in [0.25, 0.3) is 10.8 Å². The summed E-state index contributed by atoms with van der Waals surface area (Å²) in [5.74, 6) is -2.00. The molecule has 5 N–H and O–H groups in total. The summed E-state index contributed by atoms with van der Waals surface area (Å²) in [6.45, 7) is 8.66. The maximum Gasteiger partial charge on any atom is 0.408 e. The number of nitrogens with two attached hydrogens (primary N) is 1. The molecule has 10 nitrogen and oxygen atoms in total. The number of hydrogen-bond acceptors (Lipinski definition) is 6.